The first-order valence-corrected chi connectivity index (χ1v) is 7.58. The Morgan fingerprint density at radius 1 is 1.53 bits per heavy atom. The van der Waals surface area contributed by atoms with Gasteiger partial charge in [0.15, 0.2) is 5.44 Å². The van der Waals surface area contributed by atoms with E-state index in [2.05, 4.69) is 21.2 Å². The first-order valence-electron chi connectivity index (χ1n) is 4.42. The molecule has 1 atom stereocenters. The maximum absolute atomic E-state index is 12.0. The Hall–Kier alpha value is 0.0500. The van der Waals surface area contributed by atoms with E-state index in [1.54, 1.807) is 12.1 Å². The molecule has 7 heteroatoms. The quantitative estimate of drug-likeness (QED) is 0.892. The van der Waals surface area contributed by atoms with Crippen molar-refractivity contribution in [3.05, 3.63) is 15.9 Å². The van der Waals surface area contributed by atoms with Crippen LogP contribution in [-0.2, 0) is 14.6 Å². The standard InChI is InChI=1S/C8H10BrNO3S2/c9-6-1-2-8(14-6)15(11,12)7-5-10-3-4-13-7/h1-2,7,10H,3-5H2. The van der Waals surface area contributed by atoms with Crippen molar-refractivity contribution in [2.45, 2.75) is 9.65 Å². The summed E-state index contributed by atoms with van der Waals surface area (Å²) in [4.78, 5) is 0. The van der Waals surface area contributed by atoms with Gasteiger partial charge in [0, 0.05) is 13.1 Å². The van der Waals surface area contributed by atoms with Gasteiger partial charge in [0.2, 0.25) is 9.84 Å². The first-order chi connectivity index (χ1) is 7.10. The molecule has 1 aromatic heterocycles. The topological polar surface area (TPSA) is 55.4 Å². The van der Waals surface area contributed by atoms with Crippen LogP contribution in [0.25, 0.3) is 0 Å². The maximum Gasteiger partial charge on any atom is 0.215 e. The van der Waals surface area contributed by atoms with Crippen molar-refractivity contribution < 1.29 is 13.2 Å². The number of nitrogens with one attached hydrogen (secondary N) is 1. The minimum Gasteiger partial charge on any atom is -0.359 e. The molecule has 0 spiro atoms. The summed E-state index contributed by atoms with van der Waals surface area (Å²) < 4.78 is 30.5. The van der Waals surface area contributed by atoms with Gasteiger partial charge in [0.25, 0.3) is 0 Å². The van der Waals surface area contributed by atoms with Crippen molar-refractivity contribution >= 4 is 37.1 Å². The minimum absolute atomic E-state index is 0.350. The van der Waals surface area contributed by atoms with Gasteiger partial charge in [0.05, 0.1) is 10.4 Å². The number of sulfone groups is 1. The fraction of sp³-hybridized carbons (Fsp3) is 0.500. The lowest BCUT2D eigenvalue weighted by Crippen LogP contribution is -2.42. The molecule has 15 heavy (non-hydrogen) atoms. The van der Waals surface area contributed by atoms with Crippen LogP contribution in [0.1, 0.15) is 0 Å². The van der Waals surface area contributed by atoms with Gasteiger partial charge in [0.1, 0.15) is 4.21 Å². The predicted octanol–water partition coefficient (Wildman–Crippen LogP) is 1.23. The number of rotatable bonds is 2. The number of hydrogen-bond donors (Lipinski definition) is 1. The summed E-state index contributed by atoms with van der Waals surface area (Å²) in [5, 5.41) is 3.01. The summed E-state index contributed by atoms with van der Waals surface area (Å²) >= 11 is 4.46. The van der Waals surface area contributed by atoms with Crippen molar-refractivity contribution in [1.29, 1.82) is 0 Å². The van der Waals surface area contributed by atoms with E-state index in [-0.39, 0.29) is 0 Å². The highest BCUT2D eigenvalue weighted by Gasteiger charge is 2.31. The highest BCUT2D eigenvalue weighted by molar-refractivity contribution is 9.11. The fourth-order valence-corrected chi connectivity index (χ4v) is 4.95. The lowest BCUT2D eigenvalue weighted by atomic mass is 10.5. The maximum atomic E-state index is 12.0. The van der Waals surface area contributed by atoms with Gasteiger partial charge in [-0.15, -0.1) is 11.3 Å². The van der Waals surface area contributed by atoms with Crippen LogP contribution in [0.3, 0.4) is 0 Å². The van der Waals surface area contributed by atoms with Crippen molar-refractivity contribution in [3.8, 4) is 0 Å². The molecule has 84 valence electrons. The van der Waals surface area contributed by atoms with Gasteiger partial charge in [-0.05, 0) is 28.1 Å². The molecule has 1 aliphatic heterocycles. The molecule has 0 aliphatic carbocycles. The molecule has 0 bridgehead atoms. The Labute approximate surface area is 101 Å². The van der Waals surface area contributed by atoms with E-state index < -0.39 is 15.3 Å². The van der Waals surface area contributed by atoms with E-state index in [1.165, 1.54) is 11.3 Å². The third-order valence-corrected chi connectivity index (χ3v) is 6.13. The lowest BCUT2D eigenvalue weighted by Gasteiger charge is -2.22. The van der Waals surface area contributed by atoms with E-state index in [0.717, 1.165) is 3.79 Å². The van der Waals surface area contributed by atoms with Crippen LogP contribution in [0.2, 0.25) is 0 Å². The van der Waals surface area contributed by atoms with Crippen molar-refractivity contribution in [1.82, 2.24) is 5.32 Å². The fourth-order valence-electron chi connectivity index (χ4n) is 1.32. The van der Waals surface area contributed by atoms with Gasteiger partial charge >= 0.3 is 0 Å². The Balaban J connectivity index is 2.26. The van der Waals surface area contributed by atoms with Gasteiger partial charge in [-0.3, -0.25) is 0 Å². The molecule has 0 aromatic carbocycles. The number of ether oxygens (including phenoxy) is 1. The van der Waals surface area contributed by atoms with Crippen molar-refractivity contribution in [3.63, 3.8) is 0 Å². The molecule has 1 aliphatic rings. The molecule has 1 fully saturated rings. The third kappa shape index (κ3) is 2.42. The van der Waals surface area contributed by atoms with Crippen molar-refractivity contribution in [2.24, 2.45) is 0 Å². The van der Waals surface area contributed by atoms with Crippen LogP contribution < -0.4 is 5.32 Å². The van der Waals surface area contributed by atoms with E-state index >= 15 is 0 Å². The predicted molar refractivity (Wildman–Crippen MR) is 61.8 cm³/mol. The SMILES string of the molecule is O=S(=O)(c1ccc(Br)s1)C1CNCCO1. The Morgan fingerprint density at radius 3 is 2.87 bits per heavy atom. The third-order valence-electron chi connectivity index (χ3n) is 2.07. The second-order valence-corrected chi connectivity index (χ2v) is 7.89. The average molecular weight is 312 g/mol. The summed E-state index contributed by atoms with van der Waals surface area (Å²) in [5.74, 6) is 0. The Morgan fingerprint density at radius 2 is 2.33 bits per heavy atom. The van der Waals surface area contributed by atoms with E-state index in [9.17, 15) is 8.42 Å². The van der Waals surface area contributed by atoms with Crippen LogP contribution in [0, 0.1) is 0 Å². The molecule has 2 heterocycles. The average Bonchev–Trinajstić information content (AvgIpc) is 2.67. The van der Waals surface area contributed by atoms with Crippen LogP contribution in [0.15, 0.2) is 20.1 Å². The molecule has 0 amide bonds. The smallest absolute Gasteiger partial charge is 0.215 e. The highest BCUT2D eigenvalue weighted by atomic mass is 79.9. The number of halogens is 1. The minimum atomic E-state index is -3.34. The van der Waals surface area contributed by atoms with Crippen LogP contribution in [-0.4, -0.2) is 33.6 Å². The monoisotopic (exact) mass is 311 g/mol. The van der Waals surface area contributed by atoms with Gasteiger partial charge in [-0.1, -0.05) is 0 Å². The Bertz CT molecular complexity index is 436. The Kier molecular flexibility index (Phi) is 3.46. The number of thiophene rings is 1. The lowest BCUT2D eigenvalue weighted by molar-refractivity contribution is 0.0786. The molecule has 1 saturated heterocycles. The number of hydrogen-bond acceptors (Lipinski definition) is 5. The second kappa shape index (κ2) is 4.50. The second-order valence-electron chi connectivity index (χ2n) is 3.11. The largest absolute Gasteiger partial charge is 0.359 e. The summed E-state index contributed by atoms with van der Waals surface area (Å²) in [5.41, 5.74) is -0.753. The summed E-state index contributed by atoms with van der Waals surface area (Å²) in [7, 11) is -3.34. The first kappa shape index (κ1) is 11.5. The molecule has 2 rings (SSSR count). The van der Waals surface area contributed by atoms with Crippen LogP contribution >= 0.6 is 27.3 Å². The zero-order chi connectivity index (χ0) is 10.9. The van der Waals surface area contributed by atoms with Gasteiger partial charge in [-0.25, -0.2) is 8.42 Å². The van der Waals surface area contributed by atoms with Crippen LogP contribution in [0.4, 0.5) is 0 Å². The molecule has 1 unspecified atom stereocenters. The molecule has 4 nitrogen and oxygen atoms in total. The van der Waals surface area contributed by atoms with Gasteiger partial charge in [-0.2, -0.15) is 0 Å². The molecule has 0 radical (unpaired) electrons. The number of morpholine rings is 1. The molecule has 0 saturated carbocycles. The van der Waals surface area contributed by atoms with Gasteiger partial charge < -0.3 is 10.1 Å². The molecule has 1 N–H and O–H groups in total. The highest BCUT2D eigenvalue weighted by Crippen LogP contribution is 2.29. The van der Waals surface area contributed by atoms with Crippen LogP contribution in [0.5, 0.6) is 0 Å². The molecular weight excluding hydrogens is 302 g/mol. The van der Waals surface area contributed by atoms with Crippen molar-refractivity contribution in [2.75, 3.05) is 19.7 Å². The zero-order valence-electron chi connectivity index (χ0n) is 7.77. The zero-order valence-corrected chi connectivity index (χ0v) is 11.0. The summed E-state index contributed by atoms with van der Waals surface area (Å²) in [6.45, 7) is 1.51. The van der Waals surface area contributed by atoms with E-state index in [1.807, 2.05) is 0 Å². The molecule has 1 aromatic rings. The van der Waals surface area contributed by atoms with E-state index in [0.29, 0.717) is 23.9 Å². The molecular formula is C8H10BrNO3S2. The normalized spacial score (nSPS) is 22.9. The summed E-state index contributed by atoms with van der Waals surface area (Å²) in [6, 6.07) is 3.33. The summed E-state index contributed by atoms with van der Waals surface area (Å²) in [6.07, 6.45) is 0. The van der Waals surface area contributed by atoms with E-state index in [4.69, 9.17) is 4.74 Å².